The molecule has 0 rings (SSSR count). The van der Waals surface area contributed by atoms with Gasteiger partial charge in [-0.25, -0.2) is 0 Å². The van der Waals surface area contributed by atoms with Gasteiger partial charge in [-0.05, 0) is 6.42 Å². The molecule has 18 heavy (non-hydrogen) atoms. The molecule has 0 N–H and O–H groups in total. The van der Waals surface area contributed by atoms with E-state index >= 15 is 0 Å². The van der Waals surface area contributed by atoms with Crippen LogP contribution in [0.2, 0.25) is 0 Å². The molecule has 0 spiro atoms. The molecule has 0 unspecified atom stereocenters. The fourth-order valence-corrected chi connectivity index (χ4v) is 0.515. The Hall–Kier alpha value is -1.73. The first-order valence-electron chi connectivity index (χ1n) is 3.82. The van der Waals surface area contributed by atoms with Crippen LogP contribution >= 0.6 is 0 Å². The average molecular weight is 290 g/mol. The summed E-state index contributed by atoms with van der Waals surface area (Å²) in [6.07, 6.45) is 3.36. The number of rotatable bonds is 5. The van der Waals surface area contributed by atoms with Gasteiger partial charge < -0.3 is 5.53 Å². The molecule has 0 bridgehead atoms. The number of ketones is 1. The fourth-order valence-electron chi connectivity index (χ4n) is 0.515. The molecule has 0 atom stereocenters. The minimum Gasteiger partial charge on any atom is 0 e. The van der Waals surface area contributed by atoms with E-state index in [0.717, 1.165) is 11.8 Å². The van der Waals surface area contributed by atoms with Crippen LogP contribution in [0.25, 0.3) is 5.53 Å². The van der Waals surface area contributed by atoms with Crippen molar-refractivity contribution in [3.8, 4) is 0 Å². The molecule has 0 radical (unpaired) electrons. The number of nitrogens with zero attached hydrogens (tertiary/aromatic N) is 2. The molecule has 7 heteroatoms. The molecule has 0 saturated carbocycles. The van der Waals surface area contributed by atoms with Crippen molar-refractivity contribution in [1.29, 1.82) is 0 Å². The predicted octanol–water partition coefficient (Wildman–Crippen LogP) is 1.26. The minimum atomic E-state index is -0.212. The summed E-state index contributed by atoms with van der Waals surface area (Å²) >= 11 is 0. The van der Waals surface area contributed by atoms with Gasteiger partial charge in [0, 0.05) is 23.5 Å². The van der Waals surface area contributed by atoms with Gasteiger partial charge in [0.25, 0.3) is 0 Å². The van der Waals surface area contributed by atoms with E-state index in [-0.39, 0.29) is 22.9 Å². The summed E-state index contributed by atoms with van der Waals surface area (Å²) < 4.78 is 22.5. The fraction of sp³-hybridized carbons (Fsp3) is 0.182. The van der Waals surface area contributed by atoms with Crippen LogP contribution in [0.3, 0.4) is 0 Å². The van der Waals surface area contributed by atoms with E-state index in [1.165, 1.54) is 0 Å². The molecule has 0 heterocycles. The Balaban J connectivity index is -0.0000000700. The maximum atomic E-state index is 10.7. The van der Waals surface area contributed by atoms with Crippen molar-refractivity contribution >= 4 is 12.0 Å². The molecule has 0 amide bonds. The van der Waals surface area contributed by atoms with E-state index in [4.69, 9.17) is 19.5 Å². The van der Waals surface area contributed by atoms with Gasteiger partial charge in [-0.2, -0.15) is 4.79 Å². The van der Waals surface area contributed by atoms with Crippen LogP contribution in [0.4, 0.5) is 0 Å². The van der Waals surface area contributed by atoms with Gasteiger partial charge in [0.1, 0.15) is 0 Å². The third kappa shape index (κ3) is 36.7. The van der Waals surface area contributed by atoms with Crippen molar-refractivity contribution in [2.24, 2.45) is 0 Å². The summed E-state index contributed by atoms with van der Waals surface area (Å²) in [7, 11) is 0. The topological polar surface area (TPSA) is 113 Å². The number of hydrogen-bond donors (Lipinski definition) is 0. The molecule has 0 aliphatic rings. The normalized spacial score (nSPS) is 5.22. The zero-order valence-electron chi connectivity index (χ0n) is 9.36. The Morgan fingerprint density at radius 3 is 1.83 bits per heavy atom. The van der Waals surface area contributed by atoms with Gasteiger partial charge in [-0.15, -0.1) is 0 Å². The quantitative estimate of drug-likeness (QED) is 0.142. The number of allylic oxidation sites excluding steroid dienone is 2. The molecule has 0 aliphatic carbocycles. The van der Waals surface area contributed by atoms with Crippen molar-refractivity contribution in [2.75, 3.05) is 0 Å². The summed E-state index contributed by atoms with van der Waals surface area (Å²) in [5, 5.41) is 0. The largest absolute Gasteiger partial charge is 0 e. The Kier molecular flexibility index (Phi) is 60.0. The van der Waals surface area contributed by atoms with Crippen LogP contribution in [-0.4, -0.2) is 16.8 Å². The van der Waals surface area contributed by atoms with Crippen LogP contribution < -0.4 is 0 Å². The van der Waals surface area contributed by atoms with Crippen LogP contribution in [-0.2, 0) is 35.8 Å². The summed E-state index contributed by atoms with van der Waals surface area (Å²) in [6, 6.07) is 0. The predicted molar refractivity (Wildman–Crippen MR) is 55.0 cm³/mol. The maximum absolute atomic E-state index is 10.7. The monoisotopic (exact) mass is 290 g/mol. The third-order valence-electron chi connectivity index (χ3n) is 1.18. The van der Waals surface area contributed by atoms with Gasteiger partial charge in [0.05, 0.1) is 0 Å². The van der Waals surface area contributed by atoms with Gasteiger partial charge >= 0.3 is 40.1 Å². The van der Waals surface area contributed by atoms with Gasteiger partial charge in [-0.3, -0.25) is 4.79 Å². The Labute approximate surface area is 116 Å². The second-order valence-electron chi connectivity index (χ2n) is 2.07. The Morgan fingerprint density at radius 1 is 1.17 bits per heavy atom. The van der Waals surface area contributed by atoms with E-state index in [1.807, 2.05) is 0 Å². The first-order valence-corrected chi connectivity index (χ1v) is 3.82. The van der Waals surface area contributed by atoms with Crippen LogP contribution in [0.5, 0.6) is 0 Å². The number of carbonyl (C=O) groups excluding carboxylic acids is 1. The molecule has 0 aromatic rings. The van der Waals surface area contributed by atoms with E-state index in [0.29, 0.717) is 12.8 Å². The zero-order valence-corrected chi connectivity index (χ0v) is 10.5. The van der Waals surface area contributed by atoms with Crippen LogP contribution in [0, 0.1) is 20.0 Å². The van der Waals surface area contributed by atoms with Crippen molar-refractivity contribution in [2.45, 2.75) is 12.8 Å². The second-order valence-corrected chi connectivity index (χ2v) is 2.07. The first kappa shape index (κ1) is 29.9. The van der Waals surface area contributed by atoms with Gasteiger partial charge in [0.15, 0.2) is 0 Å². The first-order chi connectivity index (χ1) is 8.20. The van der Waals surface area contributed by atoms with Gasteiger partial charge in [0.2, 0.25) is 5.78 Å². The third-order valence-corrected chi connectivity index (χ3v) is 1.18. The van der Waals surface area contributed by atoms with Crippen molar-refractivity contribution < 1.29 is 40.6 Å². The molecule has 0 saturated heterocycles. The van der Waals surface area contributed by atoms with E-state index < -0.39 is 0 Å². The van der Waals surface area contributed by atoms with Crippen molar-refractivity contribution in [1.82, 2.24) is 0 Å². The number of hydrogen-bond acceptors (Lipinski definition) is 1. The Morgan fingerprint density at radius 2 is 1.56 bits per heavy atom. The average Bonchev–Trinajstić information content (AvgIpc) is 2.43. The van der Waals surface area contributed by atoms with Crippen LogP contribution in [0.15, 0.2) is 24.8 Å². The van der Waals surface area contributed by atoms with E-state index in [2.05, 4.69) is 37.9 Å². The zero-order chi connectivity index (χ0) is 14.7. The molecule has 0 aromatic carbocycles. The second kappa shape index (κ2) is 36.2. The van der Waals surface area contributed by atoms with Crippen molar-refractivity contribution in [3.05, 3.63) is 50.3 Å². The van der Waals surface area contributed by atoms with Gasteiger partial charge in [-0.1, -0.05) is 24.8 Å². The molecular weight excluding hydrogens is 280 g/mol. The smallest absolute Gasteiger partial charge is 0 e. The standard InChI is InChI=1S/C8H10N2O.3CO.Fe/c1-3-7(2)4-5-8(11)6-10-9;3*1-2;/h3,6H,1-2,4-5H2;;;;. The number of carbonyl (C=O) groups is 1. The number of Topliss-reactive ketones (excluding diaryl/α,β-unsaturated/α-hetero) is 1. The van der Waals surface area contributed by atoms with E-state index in [9.17, 15) is 4.79 Å². The SMILES string of the molecule is C=CC(=C)CCC(=O)C=[N+]=[N-].[C-]#[O+].[C-]#[O+].[C-]#[O+].[Fe]. The molecule has 6 nitrogen and oxygen atoms in total. The molecule has 96 valence electrons. The van der Waals surface area contributed by atoms with Crippen LogP contribution in [0.1, 0.15) is 12.8 Å². The Bertz CT molecular complexity index is 324. The molecular formula is C11H10FeN2O4. The molecule has 0 fully saturated rings. The molecule has 0 aliphatic heterocycles. The maximum Gasteiger partial charge on any atom is 0 e. The van der Waals surface area contributed by atoms with Crippen molar-refractivity contribution in [3.63, 3.8) is 0 Å². The summed E-state index contributed by atoms with van der Waals surface area (Å²) in [4.78, 5) is 13.3. The molecule has 0 aromatic heterocycles. The summed E-state index contributed by atoms with van der Waals surface area (Å²) in [5.74, 6) is -0.212. The summed E-state index contributed by atoms with van der Waals surface area (Å²) in [6.45, 7) is 20.6. The summed E-state index contributed by atoms with van der Waals surface area (Å²) in [5.41, 5.74) is 8.78. The van der Waals surface area contributed by atoms with E-state index in [1.54, 1.807) is 6.08 Å². The minimum absolute atomic E-state index is 0.